The molecule has 98 heavy (non-hydrogen) atoms. The van der Waals surface area contributed by atoms with E-state index in [1.165, 1.54) is 115 Å². The van der Waals surface area contributed by atoms with Gasteiger partial charge in [-0.1, -0.05) is 291 Å². The van der Waals surface area contributed by atoms with E-state index >= 15 is 0 Å². The summed E-state index contributed by atoms with van der Waals surface area (Å²) in [5, 5.41) is 18.6. The molecule has 0 saturated carbocycles. The zero-order valence-electron chi connectivity index (χ0n) is 53.3. The number of para-hydroxylation sites is 2. The predicted octanol–water partition coefficient (Wildman–Crippen LogP) is 27.4. The molecule has 2 aromatic heterocycles. The molecular weight excluding hydrogens is 1190 g/mol. The minimum atomic E-state index is 0.843. The summed E-state index contributed by atoms with van der Waals surface area (Å²) >= 11 is 0. The Kier molecular flexibility index (Phi) is 12.7. The molecule has 0 spiro atoms. The summed E-state index contributed by atoms with van der Waals surface area (Å²) in [5.41, 5.74) is 24.1. The quantitative estimate of drug-likeness (QED) is 0.135. The van der Waals surface area contributed by atoms with Crippen molar-refractivity contribution < 1.29 is 8.83 Å². The topological polar surface area (TPSA) is 26.3 Å². The van der Waals surface area contributed by atoms with E-state index in [0.29, 0.717) is 0 Å². The molecule has 2 heterocycles. The third kappa shape index (κ3) is 8.89. The number of benzene rings is 18. The predicted molar refractivity (Wildman–Crippen MR) is 415 cm³/mol. The van der Waals surface area contributed by atoms with Crippen molar-refractivity contribution in [3.63, 3.8) is 0 Å². The molecule has 18 aromatic carbocycles. The Labute approximate surface area is 565 Å². The first-order valence-corrected chi connectivity index (χ1v) is 33.8. The summed E-state index contributed by atoms with van der Waals surface area (Å²) in [6.07, 6.45) is 0. The Morgan fingerprint density at radius 2 is 0.541 bits per heavy atom. The smallest absolute Gasteiger partial charge is 0.143 e. The number of fused-ring (bicyclic) bond motifs is 12. The maximum atomic E-state index is 7.37. The Balaban J connectivity index is 0.836. The van der Waals surface area contributed by atoms with E-state index in [4.69, 9.17) is 8.83 Å². The lowest BCUT2D eigenvalue weighted by Crippen LogP contribution is -1.95. The summed E-state index contributed by atoms with van der Waals surface area (Å²) in [5.74, 6) is 0. The molecule has 0 fully saturated rings. The summed E-state index contributed by atoms with van der Waals surface area (Å²) < 4.78 is 14.0. The fourth-order valence-electron chi connectivity index (χ4n) is 16.2. The highest BCUT2D eigenvalue weighted by Gasteiger charge is 2.27. The van der Waals surface area contributed by atoms with Gasteiger partial charge < -0.3 is 8.83 Å². The molecule has 0 amide bonds. The number of furan rings is 2. The van der Waals surface area contributed by atoms with Crippen molar-refractivity contribution in [3.05, 3.63) is 352 Å². The van der Waals surface area contributed by atoms with Gasteiger partial charge in [0, 0.05) is 27.1 Å². The van der Waals surface area contributed by atoms with Crippen LogP contribution in [0.3, 0.4) is 0 Å². The number of hydrogen-bond acceptors (Lipinski definition) is 2. The van der Waals surface area contributed by atoms with E-state index in [1.54, 1.807) is 0 Å². The molecule has 0 unspecified atom stereocenters. The Morgan fingerprint density at radius 1 is 0.153 bits per heavy atom. The van der Waals surface area contributed by atoms with Crippen LogP contribution in [-0.4, -0.2) is 0 Å². The second kappa shape index (κ2) is 22.4. The maximum Gasteiger partial charge on any atom is 0.143 e. The molecular formula is C96H58O2. The van der Waals surface area contributed by atoms with Crippen LogP contribution in [0.5, 0.6) is 0 Å². The first kappa shape index (κ1) is 55.6. The Hall–Kier alpha value is -12.9. The lowest BCUT2D eigenvalue weighted by Gasteiger charge is -2.22. The molecule has 2 heteroatoms. The first-order valence-electron chi connectivity index (χ1n) is 33.8. The van der Waals surface area contributed by atoms with Crippen molar-refractivity contribution in [2.45, 2.75) is 0 Å². The molecule has 0 saturated heterocycles. The summed E-state index contributed by atoms with van der Waals surface area (Å²) in [6, 6.07) is 130. The minimum Gasteiger partial charge on any atom is -0.456 e. The van der Waals surface area contributed by atoms with Crippen LogP contribution in [0.2, 0.25) is 0 Å². The molecule has 20 aromatic rings. The van der Waals surface area contributed by atoms with Gasteiger partial charge in [0.1, 0.15) is 22.3 Å². The lowest BCUT2D eigenvalue weighted by atomic mass is 9.81. The molecule has 0 radical (unpaired) electrons. The zero-order valence-corrected chi connectivity index (χ0v) is 53.3. The van der Waals surface area contributed by atoms with Crippen molar-refractivity contribution >= 4 is 109 Å². The van der Waals surface area contributed by atoms with Crippen LogP contribution >= 0.6 is 0 Å². The summed E-state index contributed by atoms with van der Waals surface area (Å²) in [6.45, 7) is 0. The second-order valence-corrected chi connectivity index (χ2v) is 26.0. The van der Waals surface area contributed by atoms with Gasteiger partial charge in [-0.3, -0.25) is 0 Å². The van der Waals surface area contributed by atoms with Gasteiger partial charge in [0.25, 0.3) is 0 Å². The standard InChI is InChI=1S/C96H58O2/c1-3-21-59(22-4-1)67-45-48-78-85(56-67)93(74-32-12-11-31-73(74)90(78)71-30-19-29-65(55-71)66-43-41-61-25-7-9-27-63(61)53-66)83-52-51-72(96-95(83)81-36-16-18-39-88(81)98-96)70-47-50-77(84(58-70)69-44-42-62-26-8-10-28-64(62)54-69)91-75-33-13-14-34-76(75)92(86-57-68(46-49-79(86)91)60-23-5-2-6-24-60)82-37-20-40-89-94(82)80-35-15-17-38-87(80)97-89/h1-58H. The van der Waals surface area contributed by atoms with Crippen LogP contribution in [0.25, 0.3) is 209 Å². The van der Waals surface area contributed by atoms with E-state index in [-0.39, 0.29) is 0 Å². The van der Waals surface area contributed by atoms with Crippen molar-refractivity contribution in [1.82, 2.24) is 0 Å². The Bertz CT molecular complexity index is 6660. The van der Waals surface area contributed by atoms with E-state index in [0.717, 1.165) is 93.9 Å². The van der Waals surface area contributed by atoms with Crippen LogP contribution in [0.4, 0.5) is 0 Å². The number of rotatable bonds is 9. The SMILES string of the molecule is c1ccc(-c2ccc3c(-c4ccc(-c5ccc(-c6c7ccccc7c(-c7cccc(-c8ccc9ccccc9c8)c7)c7ccc(-c8ccccc8)cc67)c6c5oc5ccccc56)cc4-c4ccc5ccccc5c4)c4ccccc4c(-c4cccc5oc6ccccc6c45)c3c2)cc1. The lowest BCUT2D eigenvalue weighted by molar-refractivity contribution is 0.669. The molecule has 2 nitrogen and oxygen atoms in total. The van der Waals surface area contributed by atoms with Gasteiger partial charge in [0.15, 0.2) is 0 Å². The second-order valence-electron chi connectivity index (χ2n) is 26.0. The van der Waals surface area contributed by atoms with E-state index < -0.39 is 0 Å². The van der Waals surface area contributed by atoms with Gasteiger partial charge in [0.05, 0.1) is 0 Å². The van der Waals surface area contributed by atoms with Crippen molar-refractivity contribution in [1.29, 1.82) is 0 Å². The van der Waals surface area contributed by atoms with Gasteiger partial charge in [-0.15, -0.1) is 0 Å². The minimum absolute atomic E-state index is 0.843. The molecule has 454 valence electrons. The van der Waals surface area contributed by atoms with Crippen molar-refractivity contribution in [3.8, 4) is 100 Å². The van der Waals surface area contributed by atoms with E-state index in [1.807, 2.05) is 0 Å². The number of hydrogen-bond donors (Lipinski definition) is 0. The van der Waals surface area contributed by atoms with Crippen LogP contribution in [0, 0.1) is 0 Å². The van der Waals surface area contributed by atoms with Gasteiger partial charge in [-0.2, -0.15) is 0 Å². The fraction of sp³-hybridized carbons (Fsp3) is 0. The van der Waals surface area contributed by atoms with Gasteiger partial charge in [0.2, 0.25) is 0 Å². The molecule has 0 N–H and O–H groups in total. The molecule has 0 aliphatic carbocycles. The molecule has 0 aliphatic heterocycles. The molecule has 0 atom stereocenters. The van der Waals surface area contributed by atoms with Crippen molar-refractivity contribution in [2.75, 3.05) is 0 Å². The van der Waals surface area contributed by atoms with Crippen LogP contribution in [0.1, 0.15) is 0 Å². The normalized spacial score (nSPS) is 11.9. The van der Waals surface area contributed by atoms with Gasteiger partial charge in [-0.05, 0) is 220 Å². The highest BCUT2D eigenvalue weighted by Crippen LogP contribution is 2.53. The van der Waals surface area contributed by atoms with Crippen LogP contribution in [-0.2, 0) is 0 Å². The largest absolute Gasteiger partial charge is 0.456 e. The third-order valence-electron chi connectivity index (χ3n) is 20.6. The fourth-order valence-corrected chi connectivity index (χ4v) is 16.2. The third-order valence-corrected chi connectivity index (χ3v) is 20.6. The van der Waals surface area contributed by atoms with Crippen LogP contribution in [0.15, 0.2) is 361 Å². The van der Waals surface area contributed by atoms with Gasteiger partial charge >= 0.3 is 0 Å². The maximum absolute atomic E-state index is 7.37. The van der Waals surface area contributed by atoms with E-state index in [9.17, 15) is 0 Å². The highest BCUT2D eigenvalue weighted by molar-refractivity contribution is 6.29. The summed E-state index contributed by atoms with van der Waals surface area (Å²) in [7, 11) is 0. The monoisotopic (exact) mass is 1240 g/mol. The molecule has 20 rings (SSSR count). The van der Waals surface area contributed by atoms with Gasteiger partial charge in [-0.25, -0.2) is 0 Å². The highest BCUT2D eigenvalue weighted by atomic mass is 16.3. The Morgan fingerprint density at radius 3 is 1.18 bits per heavy atom. The first-order chi connectivity index (χ1) is 48.6. The van der Waals surface area contributed by atoms with Crippen molar-refractivity contribution in [2.24, 2.45) is 0 Å². The van der Waals surface area contributed by atoms with Crippen LogP contribution < -0.4 is 0 Å². The molecule has 0 aliphatic rings. The average Bonchev–Trinajstić information content (AvgIpc) is 1.14. The average molecular weight is 1240 g/mol. The zero-order chi connectivity index (χ0) is 64.4. The summed E-state index contributed by atoms with van der Waals surface area (Å²) in [4.78, 5) is 0. The van der Waals surface area contributed by atoms with E-state index in [2.05, 4.69) is 352 Å². The molecule has 0 bridgehead atoms.